The third kappa shape index (κ3) is 3.79. The third-order valence-corrected chi connectivity index (χ3v) is 4.96. The Balaban J connectivity index is 1.75. The largest absolute Gasteiger partial charge is 0.297 e. The highest BCUT2D eigenvalue weighted by atomic mass is 32.2. The van der Waals surface area contributed by atoms with E-state index in [1.165, 1.54) is 22.6 Å². The number of ketones is 1. The van der Waals surface area contributed by atoms with Gasteiger partial charge in [-0.15, -0.1) is 0 Å². The Hall–Kier alpha value is -1.58. The molecule has 1 fully saturated rings. The molecule has 2 nitrogen and oxygen atoms in total. The first-order valence-corrected chi connectivity index (χ1v) is 8.88. The Bertz CT molecular complexity index is 645. The number of carbonyl (C=O) groups is 1. The standard InChI is InChI=1S/C19H21NOS/c1-15-5-7-17(8-6-15)19(21)18-4-2-3-16(13-18)14-20-9-11-22-12-10-20/h2-8,13H,9-12,14H2,1H3. The van der Waals surface area contributed by atoms with Gasteiger partial charge < -0.3 is 0 Å². The first-order chi connectivity index (χ1) is 10.7. The molecule has 0 unspecified atom stereocenters. The van der Waals surface area contributed by atoms with Crippen LogP contribution in [-0.2, 0) is 6.54 Å². The van der Waals surface area contributed by atoms with Gasteiger partial charge in [0.05, 0.1) is 0 Å². The van der Waals surface area contributed by atoms with Crippen molar-refractivity contribution in [3.8, 4) is 0 Å². The quantitative estimate of drug-likeness (QED) is 0.802. The molecule has 0 bridgehead atoms. The van der Waals surface area contributed by atoms with Crippen molar-refractivity contribution >= 4 is 17.5 Å². The Kier molecular flexibility index (Phi) is 4.96. The lowest BCUT2D eigenvalue weighted by Gasteiger charge is -2.26. The molecule has 3 rings (SSSR count). The lowest BCUT2D eigenvalue weighted by atomic mass is 10.0. The van der Waals surface area contributed by atoms with Gasteiger partial charge in [-0.2, -0.15) is 11.8 Å². The Morgan fingerprint density at radius 3 is 2.50 bits per heavy atom. The Morgan fingerprint density at radius 2 is 1.77 bits per heavy atom. The van der Waals surface area contributed by atoms with E-state index >= 15 is 0 Å². The summed E-state index contributed by atoms with van der Waals surface area (Å²) >= 11 is 2.02. The van der Waals surface area contributed by atoms with Crippen LogP contribution in [0.2, 0.25) is 0 Å². The molecule has 0 spiro atoms. The van der Waals surface area contributed by atoms with Crippen molar-refractivity contribution in [1.82, 2.24) is 4.90 Å². The molecular formula is C19H21NOS. The highest BCUT2D eigenvalue weighted by Crippen LogP contribution is 2.16. The summed E-state index contributed by atoms with van der Waals surface area (Å²) in [6.45, 7) is 5.25. The van der Waals surface area contributed by atoms with Gasteiger partial charge in [-0.25, -0.2) is 0 Å². The van der Waals surface area contributed by atoms with Gasteiger partial charge in [0.2, 0.25) is 0 Å². The second-order valence-corrected chi connectivity index (χ2v) is 7.01. The average Bonchev–Trinajstić information content (AvgIpc) is 2.56. The molecule has 0 radical (unpaired) electrons. The molecule has 0 saturated carbocycles. The number of benzene rings is 2. The minimum Gasteiger partial charge on any atom is -0.297 e. The van der Waals surface area contributed by atoms with Gasteiger partial charge in [0.15, 0.2) is 5.78 Å². The summed E-state index contributed by atoms with van der Waals surface area (Å²) in [4.78, 5) is 15.0. The smallest absolute Gasteiger partial charge is 0.193 e. The molecule has 1 heterocycles. The molecule has 22 heavy (non-hydrogen) atoms. The highest BCUT2D eigenvalue weighted by Gasteiger charge is 2.13. The maximum Gasteiger partial charge on any atom is 0.193 e. The van der Waals surface area contributed by atoms with Crippen molar-refractivity contribution in [3.63, 3.8) is 0 Å². The number of aryl methyl sites for hydroxylation is 1. The van der Waals surface area contributed by atoms with Crippen LogP contribution < -0.4 is 0 Å². The van der Waals surface area contributed by atoms with Crippen LogP contribution in [0.4, 0.5) is 0 Å². The highest BCUT2D eigenvalue weighted by molar-refractivity contribution is 7.99. The summed E-state index contributed by atoms with van der Waals surface area (Å²) in [7, 11) is 0. The van der Waals surface area contributed by atoms with E-state index in [1.54, 1.807) is 0 Å². The Labute approximate surface area is 136 Å². The van der Waals surface area contributed by atoms with E-state index in [1.807, 2.05) is 61.2 Å². The second kappa shape index (κ2) is 7.12. The number of rotatable bonds is 4. The average molecular weight is 311 g/mol. The van der Waals surface area contributed by atoms with Gasteiger partial charge in [-0.3, -0.25) is 9.69 Å². The van der Waals surface area contributed by atoms with Crippen LogP contribution in [0.15, 0.2) is 48.5 Å². The molecule has 1 aliphatic rings. The lowest BCUT2D eigenvalue weighted by Crippen LogP contribution is -2.31. The van der Waals surface area contributed by atoms with E-state index in [0.717, 1.165) is 30.8 Å². The molecule has 1 aliphatic heterocycles. The fourth-order valence-corrected chi connectivity index (χ4v) is 3.68. The SMILES string of the molecule is Cc1ccc(C(=O)c2cccc(CN3CCSCC3)c2)cc1. The third-order valence-electron chi connectivity index (χ3n) is 4.01. The second-order valence-electron chi connectivity index (χ2n) is 5.78. The summed E-state index contributed by atoms with van der Waals surface area (Å²) in [5.41, 5.74) is 3.95. The predicted octanol–water partition coefficient (Wildman–Crippen LogP) is 3.77. The molecule has 0 aromatic heterocycles. The molecule has 0 atom stereocenters. The monoisotopic (exact) mass is 311 g/mol. The molecule has 0 N–H and O–H groups in total. The van der Waals surface area contributed by atoms with E-state index in [-0.39, 0.29) is 5.78 Å². The van der Waals surface area contributed by atoms with Crippen molar-refractivity contribution in [2.24, 2.45) is 0 Å². The van der Waals surface area contributed by atoms with Crippen LogP contribution in [0.1, 0.15) is 27.0 Å². The zero-order valence-corrected chi connectivity index (χ0v) is 13.7. The minimum atomic E-state index is 0.107. The van der Waals surface area contributed by atoms with Crippen LogP contribution >= 0.6 is 11.8 Å². The number of thioether (sulfide) groups is 1. The van der Waals surface area contributed by atoms with Gasteiger partial charge in [-0.1, -0.05) is 48.0 Å². The van der Waals surface area contributed by atoms with Gasteiger partial charge in [0.1, 0.15) is 0 Å². The maximum absolute atomic E-state index is 12.6. The van der Waals surface area contributed by atoms with E-state index < -0.39 is 0 Å². The summed E-state index contributed by atoms with van der Waals surface area (Å²) in [5, 5.41) is 0. The van der Waals surface area contributed by atoms with Crippen molar-refractivity contribution < 1.29 is 4.79 Å². The van der Waals surface area contributed by atoms with Gasteiger partial charge >= 0.3 is 0 Å². The minimum absolute atomic E-state index is 0.107. The first kappa shape index (κ1) is 15.3. The van der Waals surface area contributed by atoms with Crippen LogP contribution in [0.3, 0.4) is 0 Å². The van der Waals surface area contributed by atoms with E-state index in [9.17, 15) is 4.79 Å². The van der Waals surface area contributed by atoms with E-state index in [0.29, 0.717) is 0 Å². The molecule has 2 aromatic rings. The van der Waals surface area contributed by atoms with Crippen LogP contribution in [-0.4, -0.2) is 35.3 Å². The first-order valence-electron chi connectivity index (χ1n) is 7.73. The Morgan fingerprint density at radius 1 is 1.05 bits per heavy atom. The molecular weight excluding hydrogens is 290 g/mol. The number of hydrogen-bond acceptors (Lipinski definition) is 3. The maximum atomic E-state index is 12.6. The zero-order valence-electron chi connectivity index (χ0n) is 12.9. The van der Waals surface area contributed by atoms with Gasteiger partial charge in [0, 0.05) is 42.3 Å². The summed E-state index contributed by atoms with van der Waals surface area (Å²) < 4.78 is 0. The fraction of sp³-hybridized carbons (Fsp3) is 0.316. The van der Waals surface area contributed by atoms with E-state index in [4.69, 9.17) is 0 Å². The van der Waals surface area contributed by atoms with Gasteiger partial charge in [0.25, 0.3) is 0 Å². The topological polar surface area (TPSA) is 20.3 Å². The predicted molar refractivity (Wildman–Crippen MR) is 93.7 cm³/mol. The van der Waals surface area contributed by atoms with Crippen LogP contribution in [0, 0.1) is 6.92 Å². The fourth-order valence-electron chi connectivity index (χ4n) is 2.70. The molecule has 1 saturated heterocycles. The van der Waals surface area contributed by atoms with Crippen molar-refractivity contribution in [1.29, 1.82) is 0 Å². The molecule has 0 aliphatic carbocycles. The zero-order chi connectivity index (χ0) is 15.4. The number of carbonyl (C=O) groups excluding carboxylic acids is 1. The van der Waals surface area contributed by atoms with Crippen molar-refractivity contribution in [2.75, 3.05) is 24.6 Å². The molecule has 0 amide bonds. The summed E-state index contributed by atoms with van der Waals surface area (Å²) in [5.74, 6) is 2.53. The van der Waals surface area contributed by atoms with Gasteiger partial charge in [-0.05, 0) is 18.6 Å². The summed E-state index contributed by atoms with van der Waals surface area (Å²) in [6.07, 6.45) is 0. The number of hydrogen-bond donors (Lipinski definition) is 0. The summed E-state index contributed by atoms with van der Waals surface area (Å²) in [6, 6.07) is 15.9. The van der Waals surface area contributed by atoms with E-state index in [2.05, 4.69) is 11.0 Å². The lowest BCUT2D eigenvalue weighted by molar-refractivity contribution is 0.103. The molecule has 3 heteroatoms. The van der Waals surface area contributed by atoms with Crippen molar-refractivity contribution in [2.45, 2.75) is 13.5 Å². The van der Waals surface area contributed by atoms with Crippen LogP contribution in [0.25, 0.3) is 0 Å². The number of nitrogens with zero attached hydrogens (tertiary/aromatic N) is 1. The normalized spacial score (nSPS) is 15.7. The van der Waals surface area contributed by atoms with Crippen molar-refractivity contribution in [3.05, 3.63) is 70.8 Å². The van der Waals surface area contributed by atoms with Crippen LogP contribution in [0.5, 0.6) is 0 Å². The molecule has 114 valence electrons. The molecule has 2 aromatic carbocycles.